The minimum Gasteiger partial charge on any atom is -0.251 e. The average molecular weight is 302 g/mol. The van der Waals surface area contributed by atoms with Gasteiger partial charge in [-0.1, -0.05) is 20.8 Å². The summed E-state index contributed by atoms with van der Waals surface area (Å²) in [5.74, 6) is -15.9. The van der Waals surface area contributed by atoms with Crippen LogP contribution in [0.3, 0.4) is 0 Å². The summed E-state index contributed by atoms with van der Waals surface area (Å²) < 4.78 is 111. The van der Waals surface area contributed by atoms with Crippen molar-refractivity contribution >= 4 is 0 Å². The van der Waals surface area contributed by atoms with Gasteiger partial charge >= 0.3 is 24.5 Å². The Morgan fingerprint density at radius 3 is 1.58 bits per heavy atom. The van der Waals surface area contributed by atoms with Crippen LogP contribution in [0, 0.1) is 5.41 Å². The van der Waals surface area contributed by atoms with Crippen molar-refractivity contribution in [2.24, 2.45) is 5.41 Å². The van der Waals surface area contributed by atoms with Crippen LogP contribution in [0.2, 0.25) is 0 Å². The SMILES string of the molecule is CC(C)(C)C1(F)OC(F)(F)OC(F)(C(F)F)C1(F)F. The monoisotopic (exact) mass is 302 g/mol. The van der Waals surface area contributed by atoms with Gasteiger partial charge in [-0.15, -0.1) is 8.78 Å². The van der Waals surface area contributed by atoms with Crippen molar-refractivity contribution in [2.75, 3.05) is 0 Å². The smallest absolute Gasteiger partial charge is 0.251 e. The summed E-state index contributed by atoms with van der Waals surface area (Å²) in [5, 5.41) is 0. The van der Waals surface area contributed by atoms with E-state index < -0.39 is 35.8 Å². The van der Waals surface area contributed by atoms with Crippen LogP contribution in [0.4, 0.5) is 35.1 Å². The lowest BCUT2D eigenvalue weighted by Crippen LogP contribution is -2.74. The molecule has 0 N–H and O–H groups in total. The van der Waals surface area contributed by atoms with Crippen molar-refractivity contribution in [2.45, 2.75) is 51.1 Å². The highest BCUT2D eigenvalue weighted by Gasteiger charge is 2.84. The molecule has 1 aliphatic rings. The topological polar surface area (TPSA) is 18.5 Å². The fourth-order valence-electron chi connectivity index (χ4n) is 1.51. The van der Waals surface area contributed by atoms with Crippen molar-refractivity contribution in [1.82, 2.24) is 0 Å². The number of hydrogen-bond donors (Lipinski definition) is 0. The molecule has 1 rings (SSSR count). The average Bonchev–Trinajstić information content (AvgIpc) is 2.11. The van der Waals surface area contributed by atoms with Crippen LogP contribution in [0.15, 0.2) is 0 Å². The summed E-state index contributed by atoms with van der Waals surface area (Å²) in [6.07, 6.45) is -9.98. The standard InChI is InChI=1S/C9H10F8O2/c1-5(2,3)8(15)7(13,14)6(12,4(10)11)18-9(16,17)19-8/h4H,1-3H3. The van der Waals surface area contributed by atoms with Gasteiger partial charge in [0.15, 0.2) is 0 Å². The first-order chi connectivity index (χ1) is 8.11. The lowest BCUT2D eigenvalue weighted by atomic mass is 9.79. The number of halogens is 8. The molecule has 0 saturated carbocycles. The van der Waals surface area contributed by atoms with Gasteiger partial charge in [-0.2, -0.15) is 13.2 Å². The Balaban J connectivity index is 3.49. The molecule has 0 aromatic rings. The highest BCUT2D eigenvalue weighted by Crippen LogP contribution is 2.60. The van der Waals surface area contributed by atoms with E-state index in [4.69, 9.17) is 0 Å². The van der Waals surface area contributed by atoms with Crippen molar-refractivity contribution in [3.63, 3.8) is 0 Å². The van der Waals surface area contributed by atoms with E-state index in [2.05, 4.69) is 9.47 Å². The van der Waals surface area contributed by atoms with Crippen LogP contribution in [-0.4, -0.2) is 30.4 Å². The Morgan fingerprint density at radius 1 is 0.842 bits per heavy atom. The van der Waals surface area contributed by atoms with Crippen LogP contribution in [0.1, 0.15) is 20.8 Å². The van der Waals surface area contributed by atoms with E-state index in [1.54, 1.807) is 0 Å². The fourth-order valence-corrected chi connectivity index (χ4v) is 1.51. The largest absolute Gasteiger partial charge is 0.491 e. The minimum absolute atomic E-state index is 0.661. The second-order valence-corrected chi connectivity index (χ2v) is 5.03. The van der Waals surface area contributed by atoms with Crippen LogP contribution < -0.4 is 0 Å². The molecule has 1 saturated heterocycles. The Morgan fingerprint density at radius 2 is 1.26 bits per heavy atom. The molecule has 10 heteroatoms. The molecule has 0 aromatic heterocycles. The molecular weight excluding hydrogens is 292 g/mol. The number of ether oxygens (including phenoxy) is 2. The molecule has 0 spiro atoms. The second kappa shape index (κ2) is 3.94. The molecule has 0 radical (unpaired) electrons. The molecule has 2 unspecified atom stereocenters. The predicted molar refractivity (Wildman–Crippen MR) is 45.2 cm³/mol. The lowest BCUT2D eigenvalue weighted by molar-refractivity contribution is -0.593. The van der Waals surface area contributed by atoms with Gasteiger partial charge in [0.05, 0.1) is 0 Å². The first kappa shape index (κ1) is 16.4. The van der Waals surface area contributed by atoms with E-state index in [9.17, 15) is 35.1 Å². The predicted octanol–water partition coefficient (Wildman–Crippen LogP) is 3.86. The van der Waals surface area contributed by atoms with E-state index >= 15 is 0 Å². The van der Waals surface area contributed by atoms with E-state index in [1.807, 2.05) is 0 Å². The van der Waals surface area contributed by atoms with Crippen molar-refractivity contribution in [3.8, 4) is 0 Å². The van der Waals surface area contributed by atoms with Crippen LogP contribution in [0.5, 0.6) is 0 Å². The molecule has 19 heavy (non-hydrogen) atoms. The molecule has 114 valence electrons. The Labute approximate surface area is 102 Å². The maximum absolute atomic E-state index is 14.1. The second-order valence-electron chi connectivity index (χ2n) is 5.03. The summed E-state index contributed by atoms with van der Waals surface area (Å²) in [6, 6.07) is 0. The third kappa shape index (κ3) is 2.08. The van der Waals surface area contributed by atoms with Crippen molar-refractivity contribution in [1.29, 1.82) is 0 Å². The van der Waals surface area contributed by atoms with Crippen LogP contribution in [0.25, 0.3) is 0 Å². The van der Waals surface area contributed by atoms with Gasteiger partial charge in [0, 0.05) is 5.41 Å². The Hall–Kier alpha value is -0.640. The van der Waals surface area contributed by atoms with E-state index in [0.717, 1.165) is 0 Å². The van der Waals surface area contributed by atoms with Gasteiger partial charge in [-0.05, 0) is 0 Å². The molecule has 0 bridgehead atoms. The normalized spacial score (nSPS) is 38.5. The fraction of sp³-hybridized carbons (Fsp3) is 1.00. The maximum Gasteiger partial charge on any atom is 0.491 e. The highest BCUT2D eigenvalue weighted by molar-refractivity contribution is 5.07. The van der Waals surface area contributed by atoms with Crippen molar-refractivity contribution < 1.29 is 44.6 Å². The summed E-state index contributed by atoms with van der Waals surface area (Å²) in [5.41, 5.74) is -2.43. The summed E-state index contributed by atoms with van der Waals surface area (Å²) >= 11 is 0. The molecule has 1 aliphatic heterocycles. The van der Waals surface area contributed by atoms with E-state index in [-0.39, 0.29) is 0 Å². The molecule has 2 nitrogen and oxygen atoms in total. The number of hydrogen-bond acceptors (Lipinski definition) is 2. The van der Waals surface area contributed by atoms with Gasteiger partial charge in [0.2, 0.25) is 0 Å². The Kier molecular flexibility index (Phi) is 3.40. The molecule has 1 fully saturated rings. The highest BCUT2D eigenvalue weighted by atomic mass is 19.3. The van der Waals surface area contributed by atoms with Crippen molar-refractivity contribution in [3.05, 3.63) is 0 Å². The van der Waals surface area contributed by atoms with Crippen LogP contribution in [-0.2, 0) is 9.47 Å². The third-order valence-electron chi connectivity index (χ3n) is 2.60. The molecular formula is C9H10F8O2. The molecule has 2 atom stereocenters. The minimum atomic E-state index is -5.66. The van der Waals surface area contributed by atoms with Crippen LogP contribution >= 0.6 is 0 Å². The van der Waals surface area contributed by atoms with Gasteiger partial charge in [-0.3, -0.25) is 4.74 Å². The zero-order chi connectivity index (χ0) is 15.5. The first-order valence-corrected chi connectivity index (χ1v) is 4.93. The molecule has 1 heterocycles. The third-order valence-corrected chi connectivity index (χ3v) is 2.60. The summed E-state index contributed by atoms with van der Waals surface area (Å²) in [6.45, 7) is 1.98. The van der Waals surface area contributed by atoms with E-state index in [0.29, 0.717) is 20.8 Å². The molecule has 0 amide bonds. The van der Waals surface area contributed by atoms with Gasteiger partial charge in [0.25, 0.3) is 5.85 Å². The molecule has 0 aromatic carbocycles. The quantitative estimate of drug-likeness (QED) is 0.685. The van der Waals surface area contributed by atoms with E-state index in [1.165, 1.54) is 0 Å². The zero-order valence-electron chi connectivity index (χ0n) is 9.92. The maximum atomic E-state index is 14.1. The number of alkyl halides is 8. The Bertz CT molecular complexity index is 366. The zero-order valence-corrected chi connectivity index (χ0v) is 9.92. The lowest BCUT2D eigenvalue weighted by Gasteiger charge is -2.51. The molecule has 0 aliphatic carbocycles. The summed E-state index contributed by atoms with van der Waals surface area (Å²) in [7, 11) is 0. The van der Waals surface area contributed by atoms with Gasteiger partial charge in [-0.25, -0.2) is 17.9 Å². The first-order valence-electron chi connectivity index (χ1n) is 4.93. The van der Waals surface area contributed by atoms with Gasteiger partial charge < -0.3 is 0 Å². The number of rotatable bonds is 1. The summed E-state index contributed by atoms with van der Waals surface area (Å²) in [4.78, 5) is 0. The van der Waals surface area contributed by atoms with Gasteiger partial charge in [0.1, 0.15) is 0 Å².